The van der Waals surface area contributed by atoms with E-state index >= 15 is 0 Å². The molecule has 1 atom stereocenters. The van der Waals surface area contributed by atoms with E-state index in [4.69, 9.17) is 9.47 Å². The Hall–Kier alpha value is -1.22. The smallest absolute Gasteiger partial charge is 0.122 e. The van der Waals surface area contributed by atoms with Crippen molar-refractivity contribution in [3.8, 4) is 11.5 Å². The fourth-order valence-corrected chi connectivity index (χ4v) is 2.74. The van der Waals surface area contributed by atoms with Crippen LogP contribution in [0.3, 0.4) is 0 Å². The van der Waals surface area contributed by atoms with Crippen molar-refractivity contribution >= 4 is 0 Å². The fraction of sp³-hybridized carbons (Fsp3) is 0.571. The molecule has 0 spiro atoms. The minimum absolute atomic E-state index is 0.0504. The zero-order valence-electron chi connectivity index (χ0n) is 11.3. The maximum atomic E-state index is 5.33. The largest absolute Gasteiger partial charge is 0.497 e. The number of nitrogens with one attached hydrogen (secondary N) is 1. The van der Waals surface area contributed by atoms with Gasteiger partial charge in [-0.3, -0.25) is 0 Å². The van der Waals surface area contributed by atoms with Gasteiger partial charge in [-0.25, -0.2) is 0 Å². The van der Waals surface area contributed by atoms with E-state index in [0.717, 1.165) is 17.9 Å². The summed E-state index contributed by atoms with van der Waals surface area (Å²) in [5.41, 5.74) is 1.56. The van der Waals surface area contributed by atoms with Gasteiger partial charge < -0.3 is 14.8 Å². The summed E-state index contributed by atoms with van der Waals surface area (Å²) in [6.45, 7) is 4.55. The lowest BCUT2D eigenvalue weighted by molar-refractivity contribution is 0.386. The SMILES string of the molecule is CNC1(c2cc(OC)cc(OC)c2)CC1(C)C. The molecule has 1 aliphatic rings. The van der Waals surface area contributed by atoms with Gasteiger partial charge in [0.05, 0.1) is 14.2 Å². The molecule has 0 amide bonds. The van der Waals surface area contributed by atoms with Crippen molar-refractivity contribution in [1.29, 1.82) is 0 Å². The average Bonchev–Trinajstić information content (AvgIpc) is 2.92. The minimum atomic E-state index is 0.0504. The molecule has 1 aromatic carbocycles. The lowest BCUT2D eigenvalue weighted by Crippen LogP contribution is -2.30. The van der Waals surface area contributed by atoms with Gasteiger partial charge in [0.25, 0.3) is 0 Å². The van der Waals surface area contributed by atoms with Crippen LogP contribution in [0, 0.1) is 5.41 Å². The zero-order chi connectivity index (χ0) is 12.7. The van der Waals surface area contributed by atoms with Crippen LogP contribution < -0.4 is 14.8 Å². The number of hydrogen-bond donors (Lipinski definition) is 1. The van der Waals surface area contributed by atoms with Crippen molar-refractivity contribution in [2.75, 3.05) is 21.3 Å². The molecule has 1 fully saturated rings. The summed E-state index contributed by atoms with van der Waals surface area (Å²) in [5.74, 6) is 1.69. The summed E-state index contributed by atoms with van der Waals surface area (Å²) in [5, 5.41) is 3.45. The molecule has 2 rings (SSSR count). The first-order chi connectivity index (χ1) is 7.99. The molecule has 1 aliphatic carbocycles. The van der Waals surface area contributed by atoms with Crippen LogP contribution in [0.2, 0.25) is 0 Å². The summed E-state index contributed by atoms with van der Waals surface area (Å²) < 4.78 is 10.7. The van der Waals surface area contributed by atoms with E-state index in [1.807, 2.05) is 13.1 Å². The van der Waals surface area contributed by atoms with Gasteiger partial charge in [0.2, 0.25) is 0 Å². The Labute approximate surface area is 103 Å². The highest BCUT2D eigenvalue weighted by atomic mass is 16.5. The third-order valence-electron chi connectivity index (χ3n) is 4.01. The molecular weight excluding hydrogens is 214 g/mol. The van der Waals surface area contributed by atoms with Crippen LogP contribution in [-0.4, -0.2) is 21.3 Å². The Kier molecular flexibility index (Phi) is 2.82. The Balaban J connectivity index is 2.45. The van der Waals surface area contributed by atoms with Crippen LogP contribution >= 0.6 is 0 Å². The van der Waals surface area contributed by atoms with E-state index in [0.29, 0.717) is 0 Å². The highest BCUT2D eigenvalue weighted by molar-refractivity contribution is 5.46. The molecule has 94 valence electrons. The van der Waals surface area contributed by atoms with Crippen LogP contribution in [-0.2, 0) is 5.54 Å². The van der Waals surface area contributed by atoms with Crippen molar-refractivity contribution in [1.82, 2.24) is 5.32 Å². The minimum Gasteiger partial charge on any atom is -0.497 e. The lowest BCUT2D eigenvalue weighted by atomic mass is 9.96. The van der Waals surface area contributed by atoms with Gasteiger partial charge in [-0.1, -0.05) is 13.8 Å². The van der Waals surface area contributed by atoms with E-state index in [1.54, 1.807) is 14.2 Å². The molecule has 1 saturated carbocycles. The Morgan fingerprint density at radius 1 is 1.06 bits per heavy atom. The molecule has 3 heteroatoms. The number of rotatable bonds is 4. The molecule has 1 N–H and O–H groups in total. The average molecular weight is 235 g/mol. The van der Waals surface area contributed by atoms with Gasteiger partial charge >= 0.3 is 0 Å². The van der Waals surface area contributed by atoms with Crippen molar-refractivity contribution < 1.29 is 9.47 Å². The first-order valence-corrected chi connectivity index (χ1v) is 5.91. The number of hydrogen-bond acceptors (Lipinski definition) is 3. The predicted octanol–water partition coefficient (Wildman–Crippen LogP) is 2.55. The third kappa shape index (κ3) is 1.78. The quantitative estimate of drug-likeness (QED) is 0.870. The third-order valence-corrected chi connectivity index (χ3v) is 4.01. The lowest BCUT2D eigenvalue weighted by Gasteiger charge is -2.22. The number of methoxy groups -OCH3 is 2. The van der Waals surface area contributed by atoms with Gasteiger partial charge in [-0.15, -0.1) is 0 Å². The van der Waals surface area contributed by atoms with Crippen molar-refractivity contribution in [2.45, 2.75) is 25.8 Å². The van der Waals surface area contributed by atoms with Crippen molar-refractivity contribution in [2.24, 2.45) is 5.41 Å². The predicted molar refractivity (Wildman–Crippen MR) is 68.7 cm³/mol. The standard InChI is InChI=1S/C14H21NO2/c1-13(2)9-14(13,15-3)10-6-11(16-4)8-12(7-10)17-5/h6-8,15H,9H2,1-5H3. The molecular formula is C14H21NO2. The monoisotopic (exact) mass is 235 g/mol. The molecule has 0 bridgehead atoms. The van der Waals surface area contributed by atoms with Crippen LogP contribution in [0.1, 0.15) is 25.8 Å². The molecule has 0 saturated heterocycles. The fourth-order valence-electron chi connectivity index (χ4n) is 2.74. The van der Waals surface area contributed by atoms with Crippen LogP contribution in [0.25, 0.3) is 0 Å². The molecule has 0 radical (unpaired) electrons. The Bertz CT molecular complexity index is 406. The molecule has 0 aromatic heterocycles. The maximum Gasteiger partial charge on any atom is 0.122 e. The second-order valence-corrected chi connectivity index (χ2v) is 5.32. The van der Waals surface area contributed by atoms with E-state index in [-0.39, 0.29) is 11.0 Å². The molecule has 17 heavy (non-hydrogen) atoms. The Morgan fingerprint density at radius 3 is 1.82 bits per heavy atom. The van der Waals surface area contributed by atoms with Gasteiger partial charge in [0.1, 0.15) is 11.5 Å². The van der Waals surface area contributed by atoms with Crippen LogP contribution in [0.15, 0.2) is 18.2 Å². The van der Waals surface area contributed by atoms with E-state index < -0.39 is 0 Å². The highest BCUT2D eigenvalue weighted by Gasteiger charge is 2.61. The number of ether oxygens (including phenoxy) is 2. The van der Waals surface area contributed by atoms with Gasteiger partial charge in [0, 0.05) is 11.6 Å². The second-order valence-electron chi connectivity index (χ2n) is 5.32. The van der Waals surface area contributed by atoms with E-state index in [2.05, 4.69) is 31.3 Å². The summed E-state index contributed by atoms with van der Waals surface area (Å²) in [4.78, 5) is 0. The molecule has 3 nitrogen and oxygen atoms in total. The summed E-state index contributed by atoms with van der Waals surface area (Å²) >= 11 is 0. The normalized spacial score (nSPS) is 25.5. The molecule has 0 heterocycles. The number of benzene rings is 1. The molecule has 0 aliphatic heterocycles. The molecule has 1 unspecified atom stereocenters. The van der Waals surface area contributed by atoms with Gasteiger partial charge in [-0.05, 0) is 36.6 Å². The zero-order valence-corrected chi connectivity index (χ0v) is 11.3. The van der Waals surface area contributed by atoms with Gasteiger partial charge in [-0.2, -0.15) is 0 Å². The first kappa shape index (κ1) is 12.2. The summed E-state index contributed by atoms with van der Waals surface area (Å²) in [7, 11) is 5.38. The van der Waals surface area contributed by atoms with Crippen LogP contribution in [0.4, 0.5) is 0 Å². The van der Waals surface area contributed by atoms with Gasteiger partial charge in [0.15, 0.2) is 0 Å². The first-order valence-electron chi connectivity index (χ1n) is 5.91. The molecule has 1 aromatic rings. The van der Waals surface area contributed by atoms with E-state index in [9.17, 15) is 0 Å². The van der Waals surface area contributed by atoms with Crippen LogP contribution in [0.5, 0.6) is 11.5 Å². The Morgan fingerprint density at radius 2 is 1.53 bits per heavy atom. The van der Waals surface area contributed by atoms with Crippen molar-refractivity contribution in [3.63, 3.8) is 0 Å². The second kappa shape index (κ2) is 3.91. The topological polar surface area (TPSA) is 30.5 Å². The highest BCUT2D eigenvalue weighted by Crippen LogP contribution is 2.62. The summed E-state index contributed by atoms with van der Waals surface area (Å²) in [6, 6.07) is 6.09. The maximum absolute atomic E-state index is 5.33. The van der Waals surface area contributed by atoms with Crippen molar-refractivity contribution in [3.05, 3.63) is 23.8 Å². The summed E-state index contributed by atoms with van der Waals surface area (Å²) in [6.07, 6.45) is 1.13. The van der Waals surface area contributed by atoms with E-state index in [1.165, 1.54) is 5.56 Å².